The molecule has 1 saturated heterocycles. The van der Waals surface area contributed by atoms with Gasteiger partial charge in [0, 0.05) is 0 Å². The van der Waals surface area contributed by atoms with E-state index in [9.17, 15) is 0 Å². The standard InChI is InChI=1S/C9H15NO/c1-2-11-8-7-9(8)3-5-10-6-4-9/h7,10H,2-6H2,1H3. The van der Waals surface area contributed by atoms with Crippen LogP contribution in [0.25, 0.3) is 0 Å². The lowest BCUT2D eigenvalue weighted by Crippen LogP contribution is -2.30. The van der Waals surface area contributed by atoms with E-state index in [2.05, 4.69) is 11.4 Å². The first-order valence-electron chi connectivity index (χ1n) is 4.44. The number of hydrogen-bond donors (Lipinski definition) is 1. The van der Waals surface area contributed by atoms with Gasteiger partial charge in [-0.1, -0.05) is 0 Å². The Labute approximate surface area is 67.6 Å². The van der Waals surface area contributed by atoms with Gasteiger partial charge in [-0.05, 0) is 38.9 Å². The van der Waals surface area contributed by atoms with Crippen molar-refractivity contribution >= 4 is 0 Å². The summed E-state index contributed by atoms with van der Waals surface area (Å²) in [7, 11) is 0. The summed E-state index contributed by atoms with van der Waals surface area (Å²) in [5.41, 5.74) is 0.404. The largest absolute Gasteiger partial charge is 0.498 e. The maximum Gasteiger partial charge on any atom is 0.103 e. The molecule has 1 aliphatic heterocycles. The van der Waals surface area contributed by atoms with Gasteiger partial charge in [0.05, 0.1) is 12.0 Å². The predicted octanol–water partition coefficient (Wildman–Crippen LogP) is 1.29. The number of nitrogens with one attached hydrogen (secondary N) is 1. The molecule has 0 saturated carbocycles. The highest BCUT2D eigenvalue weighted by atomic mass is 16.5. The van der Waals surface area contributed by atoms with Crippen molar-refractivity contribution in [3.05, 3.63) is 11.8 Å². The lowest BCUT2D eigenvalue weighted by molar-refractivity contribution is 0.190. The Morgan fingerprint density at radius 2 is 2.27 bits per heavy atom. The van der Waals surface area contributed by atoms with E-state index >= 15 is 0 Å². The summed E-state index contributed by atoms with van der Waals surface area (Å²) >= 11 is 0. The smallest absolute Gasteiger partial charge is 0.103 e. The quantitative estimate of drug-likeness (QED) is 0.645. The number of ether oxygens (including phenoxy) is 1. The van der Waals surface area contributed by atoms with E-state index in [1.807, 2.05) is 6.92 Å². The molecule has 1 aliphatic carbocycles. The Bertz CT molecular complexity index is 180. The van der Waals surface area contributed by atoms with E-state index in [0.29, 0.717) is 5.41 Å². The third-order valence-electron chi connectivity index (χ3n) is 2.61. The van der Waals surface area contributed by atoms with E-state index in [1.54, 1.807) is 0 Å². The molecule has 11 heavy (non-hydrogen) atoms. The number of allylic oxidation sites excluding steroid dienone is 2. The molecule has 0 amide bonds. The first-order chi connectivity index (χ1) is 5.37. The molecule has 2 rings (SSSR count). The van der Waals surface area contributed by atoms with Gasteiger partial charge in [-0.15, -0.1) is 0 Å². The molecule has 1 heterocycles. The Morgan fingerprint density at radius 1 is 1.55 bits per heavy atom. The van der Waals surface area contributed by atoms with Crippen molar-refractivity contribution < 1.29 is 4.74 Å². The maximum absolute atomic E-state index is 5.48. The highest BCUT2D eigenvalue weighted by Crippen LogP contribution is 2.51. The third-order valence-corrected chi connectivity index (χ3v) is 2.61. The molecule has 0 atom stereocenters. The van der Waals surface area contributed by atoms with Crippen LogP contribution < -0.4 is 5.32 Å². The van der Waals surface area contributed by atoms with Gasteiger partial charge in [0.1, 0.15) is 5.76 Å². The van der Waals surface area contributed by atoms with Gasteiger partial charge in [-0.2, -0.15) is 0 Å². The lowest BCUT2D eigenvalue weighted by Gasteiger charge is -2.23. The zero-order valence-corrected chi connectivity index (χ0v) is 7.02. The maximum atomic E-state index is 5.48. The second kappa shape index (κ2) is 2.52. The van der Waals surface area contributed by atoms with E-state index in [1.165, 1.54) is 18.6 Å². The highest BCUT2D eigenvalue weighted by Gasteiger charge is 2.46. The van der Waals surface area contributed by atoms with E-state index < -0.39 is 0 Å². The van der Waals surface area contributed by atoms with Crippen LogP contribution >= 0.6 is 0 Å². The minimum absolute atomic E-state index is 0.404. The van der Waals surface area contributed by atoms with Crippen LogP contribution in [0.1, 0.15) is 19.8 Å². The van der Waals surface area contributed by atoms with E-state index in [-0.39, 0.29) is 0 Å². The van der Waals surface area contributed by atoms with Crippen LogP contribution in [0.2, 0.25) is 0 Å². The van der Waals surface area contributed by atoms with Crippen molar-refractivity contribution in [1.29, 1.82) is 0 Å². The Morgan fingerprint density at radius 3 is 2.91 bits per heavy atom. The SMILES string of the molecule is CCOC1=CC12CCNCC2. The molecule has 1 N–H and O–H groups in total. The van der Waals surface area contributed by atoms with Gasteiger partial charge >= 0.3 is 0 Å². The first-order valence-corrected chi connectivity index (χ1v) is 4.44. The third kappa shape index (κ3) is 1.16. The molecule has 0 bridgehead atoms. The van der Waals surface area contributed by atoms with Gasteiger partial charge in [-0.25, -0.2) is 0 Å². The molecule has 1 spiro atoms. The van der Waals surface area contributed by atoms with Crippen molar-refractivity contribution in [2.75, 3.05) is 19.7 Å². The van der Waals surface area contributed by atoms with Crippen molar-refractivity contribution in [2.45, 2.75) is 19.8 Å². The van der Waals surface area contributed by atoms with Gasteiger partial charge in [-0.3, -0.25) is 0 Å². The predicted molar refractivity (Wildman–Crippen MR) is 44.2 cm³/mol. The summed E-state index contributed by atoms with van der Waals surface area (Å²) in [5.74, 6) is 1.25. The summed E-state index contributed by atoms with van der Waals surface area (Å²) in [4.78, 5) is 0. The van der Waals surface area contributed by atoms with E-state index in [0.717, 1.165) is 19.7 Å². The summed E-state index contributed by atoms with van der Waals surface area (Å²) in [6, 6.07) is 0. The normalized spacial score (nSPS) is 26.5. The summed E-state index contributed by atoms with van der Waals surface area (Å²) < 4.78 is 5.48. The van der Waals surface area contributed by atoms with Gasteiger partial charge in [0.2, 0.25) is 0 Å². The van der Waals surface area contributed by atoms with Crippen LogP contribution in [0, 0.1) is 5.41 Å². The molecule has 0 aromatic carbocycles. The second-order valence-electron chi connectivity index (χ2n) is 3.35. The zero-order valence-electron chi connectivity index (χ0n) is 7.02. The highest BCUT2D eigenvalue weighted by molar-refractivity contribution is 5.34. The second-order valence-corrected chi connectivity index (χ2v) is 3.35. The fourth-order valence-electron chi connectivity index (χ4n) is 1.82. The minimum atomic E-state index is 0.404. The molecule has 0 aromatic heterocycles. The molecule has 62 valence electrons. The Hall–Kier alpha value is -0.500. The first kappa shape index (κ1) is 7.17. The van der Waals surface area contributed by atoms with Crippen LogP contribution in [-0.4, -0.2) is 19.7 Å². The molecule has 0 aromatic rings. The van der Waals surface area contributed by atoms with Gasteiger partial charge in [0.15, 0.2) is 0 Å². The molecule has 2 aliphatic rings. The molecule has 0 radical (unpaired) electrons. The van der Waals surface area contributed by atoms with Crippen LogP contribution in [0.5, 0.6) is 0 Å². The average molecular weight is 153 g/mol. The topological polar surface area (TPSA) is 21.3 Å². The Balaban J connectivity index is 1.86. The summed E-state index contributed by atoms with van der Waals surface area (Å²) in [6.07, 6.45) is 4.77. The van der Waals surface area contributed by atoms with Crippen LogP contribution in [0.3, 0.4) is 0 Å². The number of rotatable bonds is 2. The summed E-state index contributed by atoms with van der Waals surface area (Å²) in [5, 5.41) is 3.35. The number of piperidine rings is 1. The molecule has 1 fully saturated rings. The molecule has 2 heteroatoms. The Kier molecular flexibility index (Phi) is 1.64. The monoisotopic (exact) mass is 153 g/mol. The van der Waals surface area contributed by atoms with Crippen LogP contribution in [-0.2, 0) is 4.74 Å². The minimum Gasteiger partial charge on any atom is -0.498 e. The molecular formula is C9H15NO. The van der Waals surface area contributed by atoms with Crippen molar-refractivity contribution in [3.63, 3.8) is 0 Å². The fourth-order valence-corrected chi connectivity index (χ4v) is 1.82. The van der Waals surface area contributed by atoms with E-state index in [4.69, 9.17) is 4.74 Å². The van der Waals surface area contributed by atoms with Crippen molar-refractivity contribution in [1.82, 2.24) is 5.32 Å². The molecule has 2 nitrogen and oxygen atoms in total. The lowest BCUT2D eigenvalue weighted by atomic mass is 9.92. The fraction of sp³-hybridized carbons (Fsp3) is 0.778. The number of hydrogen-bond acceptors (Lipinski definition) is 2. The van der Waals surface area contributed by atoms with Gasteiger partial charge in [0.25, 0.3) is 0 Å². The van der Waals surface area contributed by atoms with Crippen molar-refractivity contribution in [2.24, 2.45) is 5.41 Å². The van der Waals surface area contributed by atoms with Crippen LogP contribution in [0.15, 0.2) is 11.8 Å². The molecule has 0 unspecified atom stereocenters. The molecular weight excluding hydrogens is 138 g/mol. The summed E-state index contributed by atoms with van der Waals surface area (Å²) in [6.45, 7) is 5.16. The van der Waals surface area contributed by atoms with Gasteiger partial charge < -0.3 is 10.1 Å². The van der Waals surface area contributed by atoms with Crippen molar-refractivity contribution in [3.8, 4) is 0 Å². The van der Waals surface area contributed by atoms with Crippen LogP contribution in [0.4, 0.5) is 0 Å². The zero-order chi connectivity index (χ0) is 7.73. The average Bonchev–Trinajstić information content (AvgIpc) is 2.66.